The van der Waals surface area contributed by atoms with Crippen LogP contribution in [-0.4, -0.2) is 13.1 Å². The molecule has 0 spiro atoms. The van der Waals surface area contributed by atoms with Gasteiger partial charge in [0.05, 0.1) is 0 Å². The fourth-order valence-electron chi connectivity index (χ4n) is 2.20. The zero-order valence-corrected chi connectivity index (χ0v) is 10.1. The number of nitrogens with zero attached hydrogens (tertiary/aromatic N) is 1. The van der Waals surface area contributed by atoms with Gasteiger partial charge >= 0.3 is 0 Å². The van der Waals surface area contributed by atoms with Crippen LogP contribution in [0.15, 0.2) is 24.3 Å². The predicted octanol–water partition coefficient (Wildman–Crippen LogP) is 3.49. The van der Waals surface area contributed by atoms with Gasteiger partial charge in [0.25, 0.3) is 0 Å². The first-order valence-electron chi connectivity index (χ1n) is 5.95. The normalized spacial score (nSPS) is 15.5. The molecule has 82 valence electrons. The molecule has 0 radical (unpaired) electrons. The van der Waals surface area contributed by atoms with E-state index in [-0.39, 0.29) is 0 Å². The molecule has 0 amide bonds. The van der Waals surface area contributed by atoms with Crippen molar-refractivity contribution in [2.75, 3.05) is 18.0 Å². The zero-order valence-electron chi connectivity index (χ0n) is 10.1. The quantitative estimate of drug-likeness (QED) is 0.727. The molecule has 0 saturated carbocycles. The molecule has 1 heterocycles. The summed E-state index contributed by atoms with van der Waals surface area (Å²) in [5.74, 6) is 0. The Balaban J connectivity index is 2.14. The first-order chi connectivity index (χ1) is 7.12. The minimum Gasteiger partial charge on any atom is -0.370 e. The third-order valence-corrected chi connectivity index (χ3v) is 3.56. The van der Waals surface area contributed by atoms with Crippen molar-refractivity contribution in [1.82, 2.24) is 0 Å². The van der Waals surface area contributed by atoms with Crippen molar-refractivity contribution in [2.24, 2.45) is 5.41 Å². The Bertz CT molecular complexity index is 341. The summed E-state index contributed by atoms with van der Waals surface area (Å²) in [5, 5.41) is 0. The molecule has 1 aliphatic rings. The smallest absolute Gasteiger partial charge is 0.0399 e. The van der Waals surface area contributed by atoms with E-state index in [0.717, 1.165) is 0 Å². The van der Waals surface area contributed by atoms with Crippen LogP contribution >= 0.6 is 0 Å². The third kappa shape index (κ3) is 2.17. The van der Waals surface area contributed by atoms with Crippen molar-refractivity contribution in [2.45, 2.75) is 33.6 Å². The first-order valence-corrected chi connectivity index (χ1v) is 5.95. The maximum Gasteiger partial charge on any atom is 0.0399 e. The minimum atomic E-state index is 0.428. The van der Waals surface area contributed by atoms with Gasteiger partial charge in [0.1, 0.15) is 0 Å². The molecule has 1 aliphatic heterocycles. The van der Waals surface area contributed by atoms with Crippen molar-refractivity contribution < 1.29 is 0 Å². The van der Waals surface area contributed by atoms with Crippen LogP contribution in [0.4, 0.5) is 5.69 Å². The molecule has 15 heavy (non-hydrogen) atoms. The number of para-hydroxylation sites is 1. The average Bonchev–Trinajstić information content (AvgIpc) is 2.62. The summed E-state index contributed by atoms with van der Waals surface area (Å²) in [6, 6.07) is 8.81. The molecule has 0 aromatic heterocycles. The molecule has 0 bridgehead atoms. The van der Waals surface area contributed by atoms with E-state index in [9.17, 15) is 0 Å². The number of rotatable bonds is 3. The molecule has 0 aliphatic carbocycles. The standard InChI is InChI=1S/C14H21N/c1-4-14(2,3)11-15-10-9-12-7-5-6-8-13(12)15/h5-8H,4,9-11H2,1-3H3. The fraction of sp³-hybridized carbons (Fsp3) is 0.571. The Morgan fingerprint density at radius 3 is 2.73 bits per heavy atom. The van der Waals surface area contributed by atoms with Crippen LogP contribution in [0, 0.1) is 5.41 Å². The van der Waals surface area contributed by atoms with Gasteiger partial charge < -0.3 is 4.90 Å². The van der Waals surface area contributed by atoms with Gasteiger partial charge in [-0.25, -0.2) is 0 Å². The summed E-state index contributed by atoms with van der Waals surface area (Å²) < 4.78 is 0. The number of hydrogen-bond acceptors (Lipinski definition) is 1. The van der Waals surface area contributed by atoms with Crippen molar-refractivity contribution in [3.63, 3.8) is 0 Å². The second-order valence-corrected chi connectivity index (χ2v) is 5.32. The lowest BCUT2D eigenvalue weighted by atomic mass is 9.89. The third-order valence-electron chi connectivity index (χ3n) is 3.56. The summed E-state index contributed by atoms with van der Waals surface area (Å²) in [5.41, 5.74) is 3.40. The summed E-state index contributed by atoms with van der Waals surface area (Å²) in [6.07, 6.45) is 2.46. The summed E-state index contributed by atoms with van der Waals surface area (Å²) >= 11 is 0. The summed E-state index contributed by atoms with van der Waals surface area (Å²) in [4.78, 5) is 2.54. The minimum absolute atomic E-state index is 0.428. The van der Waals surface area contributed by atoms with Gasteiger partial charge in [-0.3, -0.25) is 0 Å². The van der Waals surface area contributed by atoms with Crippen LogP contribution in [0.5, 0.6) is 0 Å². The summed E-state index contributed by atoms with van der Waals surface area (Å²) in [7, 11) is 0. The van der Waals surface area contributed by atoms with Crippen LogP contribution in [0.3, 0.4) is 0 Å². The monoisotopic (exact) mass is 203 g/mol. The molecule has 0 saturated heterocycles. The highest BCUT2D eigenvalue weighted by molar-refractivity contribution is 5.57. The van der Waals surface area contributed by atoms with Gasteiger partial charge in [-0.1, -0.05) is 39.0 Å². The Kier molecular flexibility index (Phi) is 2.72. The van der Waals surface area contributed by atoms with Crippen molar-refractivity contribution >= 4 is 5.69 Å². The Hall–Kier alpha value is -0.980. The highest BCUT2D eigenvalue weighted by Crippen LogP contribution is 2.31. The Morgan fingerprint density at radius 2 is 2.00 bits per heavy atom. The van der Waals surface area contributed by atoms with Gasteiger partial charge in [0.2, 0.25) is 0 Å². The molecular weight excluding hydrogens is 182 g/mol. The van der Waals surface area contributed by atoms with Gasteiger partial charge in [0.15, 0.2) is 0 Å². The molecule has 1 aromatic carbocycles. The molecule has 1 heteroatoms. The SMILES string of the molecule is CCC(C)(C)CN1CCc2ccccc21. The molecule has 2 rings (SSSR count). The van der Waals surface area contributed by atoms with Gasteiger partial charge in [-0.2, -0.15) is 0 Å². The molecule has 0 unspecified atom stereocenters. The van der Waals surface area contributed by atoms with Gasteiger partial charge in [-0.15, -0.1) is 0 Å². The van der Waals surface area contributed by atoms with Crippen LogP contribution in [0.2, 0.25) is 0 Å². The number of hydrogen-bond donors (Lipinski definition) is 0. The zero-order chi connectivity index (χ0) is 10.9. The lowest BCUT2D eigenvalue weighted by Gasteiger charge is -2.30. The number of benzene rings is 1. The molecule has 0 N–H and O–H groups in total. The summed E-state index contributed by atoms with van der Waals surface area (Å²) in [6.45, 7) is 9.37. The topological polar surface area (TPSA) is 3.24 Å². The van der Waals surface area contributed by atoms with Crippen LogP contribution in [-0.2, 0) is 6.42 Å². The van der Waals surface area contributed by atoms with E-state index in [1.807, 2.05) is 0 Å². The maximum absolute atomic E-state index is 2.54. The number of anilines is 1. The molecule has 1 nitrogen and oxygen atoms in total. The van der Waals surface area contributed by atoms with Crippen molar-refractivity contribution in [1.29, 1.82) is 0 Å². The van der Waals surface area contributed by atoms with E-state index in [1.165, 1.54) is 37.2 Å². The van der Waals surface area contributed by atoms with E-state index in [4.69, 9.17) is 0 Å². The lowest BCUT2D eigenvalue weighted by Crippen LogP contribution is -2.32. The van der Waals surface area contributed by atoms with Crippen molar-refractivity contribution in [3.05, 3.63) is 29.8 Å². The largest absolute Gasteiger partial charge is 0.370 e. The van der Waals surface area contributed by atoms with Gasteiger partial charge in [-0.05, 0) is 29.9 Å². The van der Waals surface area contributed by atoms with E-state index in [0.29, 0.717) is 5.41 Å². The highest BCUT2D eigenvalue weighted by Gasteiger charge is 2.24. The van der Waals surface area contributed by atoms with Crippen LogP contribution in [0.1, 0.15) is 32.8 Å². The van der Waals surface area contributed by atoms with Gasteiger partial charge in [0, 0.05) is 18.8 Å². The first kappa shape index (κ1) is 10.5. The van der Waals surface area contributed by atoms with E-state index >= 15 is 0 Å². The van der Waals surface area contributed by atoms with Crippen LogP contribution < -0.4 is 4.90 Å². The Morgan fingerprint density at radius 1 is 1.27 bits per heavy atom. The average molecular weight is 203 g/mol. The van der Waals surface area contributed by atoms with E-state index < -0.39 is 0 Å². The maximum atomic E-state index is 2.54. The second kappa shape index (κ2) is 3.88. The predicted molar refractivity (Wildman–Crippen MR) is 66.4 cm³/mol. The second-order valence-electron chi connectivity index (χ2n) is 5.32. The van der Waals surface area contributed by atoms with E-state index in [1.54, 1.807) is 0 Å². The highest BCUT2D eigenvalue weighted by atomic mass is 15.2. The van der Waals surface area contributed by atoms with E-state index in [2.05, 4.69) is 49.9 Å². The lowest BCUT2D eigenvalue weighted by molar-refractivity contribution is 0.354. The van der Waals surface area contributed by atoms with Crippen molar-refractivity contribution in [3.8, 4) is 0 Å². The molecular formula is C14H21N. The Labute approximate surface area is 93.1 Å². The molecule has 0 fully saturated rings. The molecule has 1 aromatic rings. The fourth-order valence-corrected chi connectivity index (χ4v) is 2.20. The van der Waals surface area contributed by atoms with Crippen LogP contribution in [0.25, 0.3) is 0 Å². The number of fused-ring (bicyclic) bond motifs is 1. The molecule has 0 atom stereocenters.